The average molecular weight is 471 g/mol. The predicted molar refractivity (Wildman–Crippen MR) is 133 cm³/mol. The molecule has 33 heavy (non-hydrogen) atoms. The van der Waals surface area contributed by atoms with Crippen molar-refractivity contribution in [2.75, 3.05) is 17.3 Å². The van der Waals surface area contributed by atoms with Crippen LogP contribution in [-0.2, 0) is 17.6 Å². The lowest BCUT2D eigenvalue weighted by Gasteiger charge is -2.36. The zero-order valence-corrected chi connectivity index (χ0v) is 20.6. The van der Waals surface area contributed by atoms with E-state index in [0.717, 1.165) is 34.9 Å². The molecule has 9 heteroatoms. The lowest BCUT2D eigenvalue weighted by atomic mass is 9.99. The third kappa shape index (κ3) is 5.03. The number of carbonyl (C=O) groups excluding carboxylic acids is 1. The maximum atomic E-state index is 13.2. The molecule has 0 unspecified atom stereocenters. The number of halogens is 1. The number of nitrogens with one attached hydrogen (secondary N) is 1. The highest BCUT2D eigenvalue weighted by atomic mass is 32.1. The number of fused-ring (bicyclic) bond motifs is 1. The van der Waals surface area contributed by atoms with Crippen LogP contribution in [0, 0.1) is 18.7 Å². The van der Waals surface area contributed by atoms with E-state index < -0.39 is 0 Å². The quantitative estimate of drug-likeness (QED) is 0.588. The number of carbonyl (C=O) groups is 1. The van der Waals surface area contributed by atoms with Gasteiger partial charge < -0.3 is 10.2 Å². The molecule has 0 radical (unpaired) electrons. The van der Waals surface area contributed by atoms with Crippen LogP contribution in [0.2, 0.25) is 0 Å². The Hall–Kier alpha value is -2.94. The van der Waals surface area contributed by atoms with Gasteiger partial charge in [-0.2, -0.15) is 18.6 Å². The molecule has 1 aliphatic rings. The summed E-state index contributed by atoms with van der Waals surface area (Å²) in [6.07, 6.45) is 5.28. The van der Waals surface area contributed by atoms with Gasteiger partial charge in [0, 0.05) is 19.7 Å². The van der Waals surface area contributed by atoms with Gasteiger partial charge in [0.05, 0.1) is 17.9 Å². The van der Waals surface area contributed by atoms with E-state index in [1.54, 1.807) is 12.1 Å². The Balaban J connectivity index is 0.00000306. The van der Waals surface area contributed by atoms with E-state index in [-0.39, 0.29) is 43.2 Å². The van der Waals surface area contributed by atoms with E-state index in [4.69, 9.17) is 4.98 Å². The molecule has 0 aliphatic carbocycles. The summed E-state index contributed by atoms with van der Waals surface area (Å²) in [4.78, 5) is 23.9. The number of amides is 1. The fraction of sp³-hybridized carbons (Fsp3) is 0.417. The zero-order chi connectivity index (χ0) is 23.0. The number of aromatic nitrogens is 4. The first-order chi connectivity index (χ1) is 15.2. The number of benzene rings is 1. The van der Waals surface area contributed by atoms with Gasteiger partial charge in [-0.1, -0.05) is 26.0 Å². The number of likely N-dealkylation sites (N-methyl/N-ethyl adjacent to an activating group) is 1. The molecular weight excluding hydrogens is 439 g/mol. The molecule has 1 aliphatic heterocycles. The SMILES string of the molecule is Cc1nc(CCc2cnn([C@H](C)c3ccc(F)cc3)c2)nc2c1NC(=O)[C@H](C(C)C)N2C.S. The van der Waals surface area contributed by atoms with E-state index in [9.17, 15) is 9.18 Å². The first-order valence-electron chi connectivity index (χ1n) is 10.9. The number of aryl methyl sites for hydroxylation is 3. The molecule has 0 spiro atoms. The predicted octanol–water partition coefficient (Wildman–Crippen LogP) is 4.04. The molecule has 0 bridgehead atoms. The van der Waals surface area contributed by atoms with E-state index >= 15 is 0 Å². The zero-order valence-electron chi connectivity index (χ0n) is 19.6. The number of anilines is 2. The van der Waals surface area contributed by atoms with E-state index in [0.29, 0.717) is 12.1 Å². The minimum absolute atomic E-state index is 0. The molecule has 0 saturated carbocycles. The van der Waals surface area contributed by atoms with Crippen LogP contribution < -0.4 is 10.2 Å². The molecule has 0 fully saturated rings. The topological polar surface area (TPSA) is 75.9 Å². The van der Waals surface area contributed by atoms with Gasteiger partial charge in [-0.15, -0.1) is 0 Å². The molecule has 1 N–H and O–H groups in total. The van der Waals surface area contributed by atoms with Gasteiger partial charge >= 0.3 is 0 Å². The third-order valence-electron chi connectivity index (χ3n) is 6.06. The van der Waals surface area contributed by atoms with Gasteiger partial charge in [-0.05, 0) is 49.4 Å². The minimum atomic E-state index is -0.254. The van der Waals surface area contributed by atoms with Crippen LogP contribution in [0.15, 0.2) is 36.7 Å². The Kier molecular flexibility index (Phi) is 7.41. The lowest BCUT2D eigenvalue weighted by Crippen LogP contribution is -2.49. The Bertz CT molecular complexity index is 1130. The summed E-state index contributed by atoms with van der Waals surface area (Å²) in [6, 6.07) is 6.26. The van der Waals surface area contributed by atoms with Gasteiger partial charge in [0.15, 0.2) is 5.82 Å². The second-order valence-corrected chi connectivity index (χ2v) is 8.77. The molecule has 7 nitrogen and oxygen atoms in total. The number of rotatable bonds is 6. The van der Waals surface area contributed by atoms with Crippen LogP contribution in [0.4, 0.5) is 15.9 Å². The fourth-order valence-electron chi connectivity index (χ4n) is 4.25. The van der Waals surface area contributed by atoms with Crippen molar-refractivity contribution in [3.63, 3.8) is 0 Å². The standard InChI is InChI=1S/C24H29FN6O.H2S/c1-14(2)22-24(32)29-21-15(3)27-20(28-23(21)30(22)5)11-6-17-12-26-31(13-17)16(4)18-7-9-19(25)10-8-18;/h7-10,12-14,16,22H,6,11H2,1-5H3,(H,29,32);1H2/t16-,22+;/m1./s1. The van der Waals surface area contributed by atoms with Crippen LogP contribution in [0.3, 0.4) is 0 Å². The van der Waals surface area contributed by atoms with Crippen molar-refractivity contribution in [2.24, 2.45) is 5.92 Å². The Morgan fingerprint density at radius 1 is 1.12 bits per heavy atom. The second kappa shape index (κ2) is 9.91. The maximum absolute atomic E-state index is 13.2. The number of hydrogen-bond donors (Lipinski definition) is 1. The lowest BCUT2D eigenvalue weighted by molar-refractivity contribution is -0.118. The average Bonchev–Trinajstić information content (AvgIpc) is 3.22. The molecular formula is C24H31FN6OS. The summed E-state index contributed by atoms with van der Waals surface area (Å²) in [5, 5.41) is 7.47. The summed E-state index contributed by atoms with van der Waals surface area (Å²) in [7, 11) is 1.92. The smallest absolute Gasteiger partial charge is 0.247 e. The summed E-state index contributed by atoms with van der Waals surface area (Å²) < 4.78 is 15.1. The minimum Gasteiger partial charge on any atom is -0.346 e. The highest BCUT2D eigenvalue weighted by Gasteiger charge is 2.35. The Morgan fingerprint density at radius 3 is 2.48 bits per heavy atom. The van der Waals surface area contributed by atoms with Crippen molar-refractivity contribution in [2.45, 2.75) is 52.6 Å². The number of nitrogens with zero attached hydrogens (tertiary/aromatic N) is 5. The Morgan fingerprint density at radius 2 is 1.82 bits per heavy atom. The fourth-order valence-corrected chi connectivity index (χ4v) is 4.25. The van der Waals surface area contributed by atoms with Crippen molar-refractivity contribution < 1.29 is 9.18 Å². The third-order valence-corrected chi connectivity index (χ3v) is 6.06. The van der Waals surface area contributed by atoms with E-state index in [1.807, 2.05) is 56.7 Å². The van der Waals surface area contributed by atoms with Gasteiger partial charge in [-0.3, -0.25) is 9.48 Å². The monoisotopic (exact) mass is 470 g/mol. The van der Waals surface area contributed by atoms with Gasteiger partial charge in [0.1, 0.15) is 23.4 Å². The Labute approximate surface area is 200 Å². The van der Waals surface area contributed by atoms with Gasteiger partial charge in [0.25, 0.3) is 0 Å². The molecule has 1 amide bonds. The van der Waals surface area contributed by atoms with E-state index in [2.05, 4.69) is 15.4 Å². The van der Waals surface area contributed by atoms with Crippen LogP contribution in [0.1, 0.15) is 49.5 Å². The second-order valence-electron chi connectivity index (χ2n) is 8.77. The van der Waals surface area contributed by atoms with Crippen LogP contribution >= 0.6 is 13.5 Å². The maximum Gasteiger partial charge on any atom is 0.247 e. The molecule has 3 aromatic rings. The highest BCUT2D eigenvalue weighted by molar-refractivity contribution is 7.59. The van der Waals surface area contributed by atoms with Crippen molar-refractivity contribution in [1.82, 2.24) is 19.7 Å². The van der Waals surface area contributed by atoms with Gasteiger partial charge in [-0.25, -0.2) is 14.4 Å². The molecule has 3 heterocycles. The molecule has 2 atom stereocenters. The normalized spacial score (nSPS) is 16.3. The molecule has 4 rings (SSSR count). The van der Waals surface area contributed by atoms with Crippen molar-refractivity contribution in [1.29, 1.82) is 0 Å². The van der Waals surface area contributed by atoms with Crippen molar-refractivity contribution >= 4 is 30.9 Å². The molecule has 2 aromatic heterocycles. The summed E-state index contributed by atoms with van der Waals surface area (Å²) >= 11 is 0. The largest absolute Gasteiger partial charge is 0.346 e. The van der Waals surface area contributed by atoms with Crippen LogP contribution in [-0.4, -0.2) is 38.7 Å². The molecule has 176 valence electrons. The summed E-state index contributed by atoms with van der Waals surface area (Å²) in [6.45, 7) is 8.00. The van der Waals surface area contributed by atoms with E-state index in [1.165, 1.54) is 12.1 Å². The highest BCUT2D eigenvalue weighted by Crippen LogP contribution is 2.33. The first-order valence-corrected chi connectivity index (χ1v) is 10.9. The van der Waals surface area contributed by atoms with Crippen LogP contribution in [0.5, 0.6) is 0 Å². The number of hydrogen-bond acceptors (Lipinski definition) is 5. The summed E-state index contributed by atoms with van der Waals surface area (Å²) in [5.41, 5.74) is 3.55. The van der Waals surface area contributed by atoms with Gasteiger partial charge in [0.2, 0.25) is 5.91 Å². The summed E-state index contributed by atoms with van der Waals surface area (Å²) in [5.74, 6) is 1.42. The van der Waals surface area contributed by atoms with Crippen molar-refractivity contribution in [3.05, 3.63) is 65.1 Å². The molecule has 1 aromatic carbocycles. The van der Waals surface area contributed by atoms with Crippen LogP contribution in [0.25, 0.3) is 0 Å². The first kappa shape index (κ1) is 24.7. The van der Waals surface area contributed by atoms with Crippen molar-refractivity contribution in [3.8, 4) is 0 Å². The molecule has 0 saturated heterocycles.